The minimum Gasteiger partial charge on any atom is -0.401 e. The average Bonchev–Trinajstić information content (AvgIpc) is 3.16. The van der Waals surface area contributed by atoms with Crippen molar-refractivity contribution in [2.75, 3.05) is 5.32 Å². The summed E-state index contributed by atoms with van der Waals surface area (Å²) >= 11 is 0. The lowest BCUT2D eigenvalue weighted by atomic mass is 10.1. The molecule has 7 nitrogen and oxygen atoms in total. The van der Waals surface area contributed by atoms with E-state index in [0.717, 1.165) is 5.56 Å². The lowest BCUT2D eigenvalue weighted by Gasteiger charge is -2.02. The number of rotatable bonds is 5. The Morgan fingerprint density at radius 3 is 2.70 bits per heavy atom. The molecule has 0 bridgehead atoms. The highest BCUT2D eigenvalue weighted by Gasteiger charge is 2.14. The van der Waals surface area contributed by atoms with Gasteiger partial charge < -0.3 is 4.42 Å². The molecule has 7 heteroatoms. The van der Waals surface area contributed by atoms with Gasteiger partial charge in [-0.2, -0.15) is 5.10 Å². The van der Waals surface area contributed by atoms with Crippen molar-refractivity contribution in [1.29, 1.82) is 0 Å². The summed E-state index contributed by atoms with van der Waals surface area (Å²) in [5, 5.41) is 14.7. The first-order chi connectivity index (χ1) is 11.1. The van der Waals surface area contributed by atoms with Gasteiger partial charge in [-0.15, -0.1) is 5.10 Å². The fourth-order valence-corrected chi connectivity index (χ4v) is 2.06. The Hall–Kier alpha value is -2.96. The fourth-order valence-electron chi connectivity index (χ4n) is 2.06. The van der Waals surface area contributed by atoms with Gasteiger partial charge in [0.05, 0.1) is 6.42 Å². The van der Waals surface area contributed by atoms with E-state index in [4.69, 9.17) is 4.42 Å². The van der Waals surface area contributed by atoms with Gasteiger partial charge in [-0.05, 0) is 25.5 Å². The summed E-state index contributed by atoms with van der Waals surface area (Å²) in [5.74, 6) is 0.0681. The zero-order valence-electron chi connectivity index (χ0n) is 12.9. The first kappa shape index (κ1) is 15.0. The summed E-state index contributed by atoms with van der Waals surface area (Å²) in [6, 6.07) is 11.6. The van der Waals surface area contributed by atoms with Crippen LogP contribution in [0.15, 0.2) is 47.0 Å². The van der Waals surface area contributed by atoms with Crippen LogP contribution in [-0.4, -0.2) is 25.9 Å². The summed E-state index contributed by atoms with van der Waals surface area (Å²) in [4.78, 5) is 12.0. The van der Waals surface area contributed by atoms with E-state index in [-0.39, 0.29) is 30.3 Å². The third kappa shape index (κ3) is 3.63. The van der Waals surface area contributed by atoms with E-state index in [1.165, 1.54) is 0 Å². The van der Waals surface area contributed by atoms with E-state index in [1.807, 2.05) is 50.4 Å². The van der Waals surface area contributed by atoms with Crippen molar-refractivity contribution in [3.63, 3.8) is 0 Å². The van der Waals surface area contributed by atoms with Gasteiger partial charge >= 0.3 is 6.01 Å². The molecular formula is C16H17N5O2. The first-order valence-corrected chi connectivity index (χ1v) is 7.34. The number of carbonyl (C=O) groups is 1. The lowest BCUT2D eigenvalue weighted by molar-refractivity contribution is -0.115. The molecule has 1 aromatic carbocycles. The predicted octanol–water partition coefficient (Wildman–Crippen LogP) is 2.70. The number of carbonyl (C=O) groups excluding carboxylic acids is 1. The van der Waals surface area contributed by atoms with Crippen LogP contribution in [0.5, 0.6) is 0 Å². The molecule has 0 atom stereocenters. The minimum atomic E-state index is -0.209. The second kappa shape index (κ2) is 6.43. The van der Waals surface area contributed by atoms with E-state index >= 15 is 0 Å². The number of hydrogen-bond acceptors (Lipinski definition) is 5. The standard InChI is InChI=1S/C16H17N5O2/c1-11(2)21-9-8-13(20-21)15-18-19-16(23-15)17-14(22)10-12-6-4-3-5-7-12/h3-9,11H,10H2,1-2H3,(H,17,19,22). The molecule has 23 heavy (non-hydrogen) atoms. The van der Waals surface area contributed by atoms with Crippen molar-refractivity contribution in [1.82, 2.24) is 20.0 Å². The van der Waals surface area contributed by atoms with E-state index in [9.17, 15) is 4.79 Å². The number of nitrogens with zero attached hydrogens (tertiary/aromatic N) is 4. The highest BCUT2D eigenvalue weighted by atomic mass is 16.4. The van der Waals surface area contributed by atoms with E-state index < -0.39 is 0 Å². The Bertz CT molecular complexity index is 792. The maximum absolute atomic E-state index is 12.0. The van der Waals surface area contributed by atoms with Crippen LogP contribution in [0.3, 0.4) is 0 Å². The molecule has 0 aliphatic rings. The third-order valence-electron chi connectivity index (χ3n) is 3.24. The second-order valence-corrected chi connectivity index (χ2v) is 5.40. The normalized spacial score (nSPS) is 10.9. The zero-order valence-corrected chi connectivity index (χ0v) is 12.9. The fraction of sp³-hybridized carbons (Fsp3) is 0.250. The van der Waals surface area contributed by atoms with Crippen molar-refractivity contribution in [2.45, 2.75) is 26.3 Å². The number of benzene rings is 1. The Morgan fingerprint density at radius 2 is 2.00 bits per heavy atom. The topological polar surface area (TPSA) is 85.8 Å². The molecule has 3 aromatic rings. The summed E-state index contributed by atoms with van der Waals surface area (Å²) < 4.78 is 7.24. The highest BCUT2D eigenvalue weighted by Crippen LogP contribution is 2.19. The highest BCUT2D eigenvalue weighted by molar-refractivity contribution is 5.90. The second-order valence-electron chi connectivity index (χ2n) is 5.40. The molecule has 2 heterocycles. The van der Waals surface area contributed by atoms with Crippen LogP contribution >= 0.6 is 0 Å². The molecule has 1 N–H and O–H groups in total. The van der Waals surface area contributed by atoms with Gasteiger partial charge in [0, 0.05) is 12.2 Å². The summed E-state index contributed by atoms with van der Waals surface area (Å²) in [6.45, 7) is 4.06. The monoisotopic (exact) mass is 311 g/mol. The van der Waals surface area contributed by atoms with Gasteiger partial charge in [0.1, 0.15) is 5.69 Å². The van der Waals surface area contributed by atoms with Crippen molar-refractivity contribution < 1.29 is 9.21 Å². The van der Waals surface area contributed by atoms with Crippen LogP contribution in [0.25, 0.3) is 11.6 Å². The molecule has 0 unspecified atom stereocenters. The molecule has 2 aromatic heterocycles. The number of anilines is 1. The first-order valence-electron chi connectivity index (χ1n) is 7.34. The van der Waals surface area contributed by atoms with E-state index in [0.29, 0.717) is 5.69 Å². The van der Waals surface area contributed by atoms with Gasteiger partial charge in [-0.3, -0.25) is 14.8 Å². The van der Waals surface area contributed by atoms with Gasteiger partial charge in [0.2, 0.25) is 5.91 Å². The minimum absolute atomic E-state index is 0.0695. The third-order valence-corrected chi connectivity index (χ3v) is 3.24. The molecule has 118 valence electrons. The van der Waals surface area contributed by atoms with Gasteiger partial charge in [-0.25, -0.2) is 0 Å². The Morgan fingerprint density at radius 1 is 1.22 bits per heavy atom. The molecule has 0 saturated heterocycles. The Balaban J connectivity index is 1.66. The van der Waals surface area contributed by atoms with E-state index in [2.05, 4.69) is 20.6 Å². The van der Waals surface area contributed by atoms with Crippen LogP contribution in [0.1, 0.15) is 25.5 Å². The summed E-state index contributed by atoms with van der Waals surface area (Å²) in [5.41, 5.74) is 1.50. The number of aromatic nitrogens is 4. The summed E-state index contributed by atoms with van der Waals surface area (Å²) in [7, 11) is 0. The Labute approximate surface area is 133 Å². The number of hydrogen-bond donors (Lipinski definition) is 1. The van der Waals surface area contributed by atoms with Gasteiger partial charge in [0.25, 0.3) is 5.89 Å². The quantitative estimate of drug-likeness (QED) is 0.783. The van der Waals surface area contributed by atoms with E-state index in [1.54, 1.807) is 10.7 Å². The smallest absolute Gasteiger partial charge is 0.322 e. The van der Waals surface area contributed by atoms with Crippen molar-refractivity contribution in [3.8, 4) is 11.6 Å². The van der Waals surface area contributed by atoms with Gasteiger partial charge in [0.15, 0.2) is 0 Å². The van der Waals surface area contributed by atoms with Crippen LogP contribution in [0.2, 0.25) is 0 Å². The maximum Gasteiger partial charge on any atom is 0.322 e. The van der Waals surface area contributed by atoms with Crippen molar-refractivity contribution in [3.05, 3.63) is 48.2 Å². The van der Waals surface area contributed by atoms with Crippen LogP contribution in [0, 0.1) is 0 Å². The average molecular weight is 311 g/mol. The molecule has 1 amide bonds. The number of amides is 1. The zero-order chi connectivity index (χ0) is 16.2. The molecule has 0 radical (unpaired) electrons. The molecule has 0 aliphatic heterocycles. The largest absolute Gasteiger partial charge is 0.401 e. The van der Waals surface area contributed by atoms with Crippen LogP contribution in [-0.2, 0) is 11.2 Å². The molecule has 0 aliphatic carbocycles. The molecule has 3 rings (SSSR count). The number of nitrogens with one attached hydrogen (secondary N) is 1. The predicted molar refractivity (Wildman–Crippen MR) is 84.7 cm³/mol. The molecule has 0 spiro atoms. The molecule has 0 saturated carbocycles. The lowest BCUT2D eigenvalue weighted by Crippen LogP contribution is -2.14. The maximum atomic E-state index is 12.0. The van der Waals surface area contributed by atoms with Crippen molar-refractivity contribution >= 4 is 11.9 Å². The summed E-state index contributed by atoms with van der Waals surface area (Å²) in [6.07, 6.45) is 2.10. The molecule has 0 fully saturated rings. The van der Waals surface area contributed by atoms with Crippen LogP contribution in [0.4, 0.5) is 6.01 Å². The van der Waals surface area contributed by atoms with Crippen LogP contribution < -0.4 is 5.32 Å². The van der Waals surface area contributed by atoms with Crippen molar-refractivity contribution in [2.24, 2.45) is 0 Å². The Kier molecular flexibility index (Phi) is 4.18. The SMILES string of the molecule is CC(C)n1ccc(-c2nnc(NC(=O)Cc3ccccc3)o2)n1. The molecular weight excluding hydrogens is 294 g/mol. The van der Waals surface area contributed by atoms with Gasteiger partial charge in [-0.1, -0.05) is 35.4 Å².